The van der Waals surface area contributed by atoms with Crippen LogP contribution in [0.4, 0.5) is 0 Å². The summed E-state index contributed by atoms with van der Waals surface area (Å²) in [5, 5.41) is 15.2. The molecular weight excluding hydrogens is 218 g/mol. The molecule has 0 amide bonds. The lowest BCUT2D eigenvalue weighted by atomic mass is 9.86. The van der Waals surface area contributed by atoms with Gasteiger partial charge in [-0.05, 0) is 32.2 Å². The molecule has 0 spiro atoms. The van der Waals surface area contributed by atoms with E-state index in [2.05, 4.69) is 10.5 Å². The van der Waals surface area contributed by atoms with Crippen molar-refractivity contribution in [1.82, 2.24) is 5.32 Å². The van der Waals surface area contributed by atoms with Crippen LogP contribution in [0.2, 0.25) is 0 Å². The molecule has 1 atom stereocenters. The molecule has 100 valence electrons. The van der Waals surface area contributed by atoms with E-state index in [4.69, 9.17) is 15.7 Å². The van der Waals surface area contributed by atoms with Crippen LogP contribution >= 0.6 is 0 Å². The maximum absolute atomic E-state index is 8.66. The van der Waals surface area contributed by atoms with Gasteiger partial charge in [0, 0.05) is 18.1 Å². The number of nitrogens with two attached hydrogens (primary N) is 1. The van der Waals surface area contributed by atoms with Gasteiger partial charge in [-0.1, -0.05) is 19.0 Å². The topological polar surface area (TPSA) is 79.9 Å². The standard InChI is InChI=1S/C12H25N3O2/c1-12(2,11(13)15-16)6-4-7-14-10-5-3-8-17-9-10/h10,14,16H,3-9H2,1-2H3,(H2,13,15). The summed E-state index contributed by atoms with van der Waals surface area (Å²) in [6.45, 7) is 6.66. The number of nitrogens with one attached hydrogen (secondary N) is 1. The van der Waals surface area contributed by atoms with Crippen molar-refractivity contribution >= 4 is 5.84 Å². The number of nitrogens with zero attached hydrogens (tertiary/aromatic N) is 1. The molecule has 1 aliphatic rings. The number of rotatable bonds is 6. The molecule has 0 bridgehead atoms. The van der Waals surface area contributed by atoms with Gasteiger partial charge in [0.1, 0.15) is 5.84 Å². The van der Waals surface area contributed by atoms with Crippen molar-refractivity contribution in [1.29, 1.82) is 0 Å². The SMILES string of the molecule is CC(C)(CCCNC1CCCOC1)C(N)=NO. The molecule has 5 nitrogen and oxygen atoms in total. The minimum absolute atomic E-state index is 0.237. The van der Waals surface area contributed by atoms with E-state index in [1.165, 1.54) is 6.42 Å². The first-order chi connectivity index (χ1) is 8.06. The molecule has 17 heavy (non-hydrogen) atoms. The van der Waals surface area contributed by atoms with E-state index in [1.54, 1.807) is 0 Å². The third-order valence-corrected chi connectivity index (χ3v) is 3.37. The summed E-state index contributed by atoms with van der Waals surface area (Å²) in [4.78, 5) is 0. The molecule has 1 heterocycles. The van der Waals surface area contributed by atoms with Gasteiger partial charge in [-0.3, -0.25) is 0 Å². The van der Waals surface area contributed by atoms with Crippen molar-refractivity contribution in [2.45, 2.75) is 45.6 Å². The van der Waals surface area contributed by atoms with Crippen molar-refractivity contribution in [3.63, 3.8) is 0 Å². The highest BCUT2D eigenvalue weighted by Crippen LogP contribution is 2.22. The van der Waals surface area contributed by atoms with Gasteiger partial charge in [0.05, 0.1) is 6.61 Å². The Bertz CT molecular complexity index is 248. The zero-order valence-electron chi connectivity index (χ0n) is 10.9. The van der Waals surface area contributed by atoms with E-state index >= 15 is 0 Å². The molecule has 1 unspecified atom stereocenters. The van der Waals surface area contributed by atoms with Crippen LogP contribution in [0.15, 0.2) is 5.16 Å². The first-order valence-electron chi connectivity index (χ1n) is 6.35. The van der Waals surface area contributed by atoms with Crippen LogP contribution in [0.25, 0.3) is 0 Å². The predicted molar refractivity (Wildman–Crippen MR) is 68.3 cm³/mol. The third kappa shape index (κ3) is 4.91. The largest absolute Gasteiger partial charge is 0.409 e. The monoisotopic (exact) mass is 243 g/mol. The van der Waals surface area contributed by atoms with Crippen LogP contribution in [-0.4, -0.2) is 36.8 Å². The Hall–Kier alpha value is -0.810. The number of ether oxygens (including phenoxy) is 1. The highest BCUT2D eigenvalue weighted by Gasteiger charge is 2.23. The lowest BCUT2D eigenvalue weighted by Gasteiger charge is -2.25. The maximum Gasteiger partial charge on any atom is 0.144 e. The van der Waals surface area contributed by atoms with Crippen LogP contribution < -0.4 is 11.1 Å². The van der Waals surface area contributed by atoms with Crippen molar-refractivity contribution in [3.8, 4) is 0 Å². The van der Waals surface area contributed by atoms with Gasteiger partial charge in [-0.2, -0.15) is 0 Å². The smallest absolute Gasteiger partial charge is 0.144 e. The van der Waals surface area contributed by atoms with Crippen LogP contribution in [0.1, 0.15) is 39.5 Å². The summed E-state index contributed by atoms with van der Waals surface area (Å²) < 4.78 is 5.40. The maximum atomic E-state index is 8.66. The molecule has 1 aliphatic heterocycles. The Morgan fingerprint density at radius 2 is 2.35 bits per heavy atom. The summed E-state index contributed by atoms with van der Waals surface area (Å²) in [7, 11) is 0. The molecule has 1 rings (SSSR count). The molecular formula is C12H25N3O2. The van der Waals surface area contributed by atoms with Crippen molar-refractivity contribution < 1.29 is 9.94 Å². The minimum atomic E-state index is -0.237. The van der Waals surface area contributed by atoms with Crippen molar-refractivity contribution in [2.75, 3.05) is 19.8 Å². The molecule has 0 saturated carbocycles. The van der Waals surface area contributed by atoms with Crippen molar-refractivity contribution in [2.24, 2.45) is 16.3 Å². The molecule has 5 heteroatoms. The fraction of sp³-hybridized carbons (Fsp3) is 0.917. The number of hydrogen-bond donors (Lipinski definition) is 3. The predicted octanol–water partition coefficient (Wildman–Crippen LogP) is 1.31. The minimum Gasteiger partial charge on any atom is -0.409 e. The van der Waals surface area contributed by atoms with E-state index in [0.717, 1.165) is 39.0 Å². The highest BCUT2D eigenvalue weighted by atomic mass is 16.5. The summed E-state index contributed by atoms with van der Waals surface area (Å²) >= 11 is 0. The van der Waals surface area contributed by atoms with E-state index < -0.39 is 0 Å². The second-order valence-corrected chi connectivity index (χ2v) is 5.34. The van der Waals surface area contributed by atoms with Crippen LogP contribution in [-0.2, 0) is 4.74 Å². The molecule has 1 fully saturated rings. The summed E-state index contributed by atoms with van der Waals surface area (Å²) in [6.07, 6.45) is 4.26. The third-order valence-electron chi connectivity index (χ3n) is 3.37. The number of hydrogen-bond acceptors (Lipinski definition) is 4. The second-order valence-electron chi connectivity index (χ2n) is 5.34. The Balaban J connectivity index is 2.14. The van der Waals surface area contributed by atoms with E-state index in [0.29, 0.717) is 11.9 Å². The lowest BCUT2D eigenvalue weighted by molar-refractivity contribution is 0.0703. The molecule has 0 aromatic rings. The molecule has 0 aromatic heterocycles. The first kappa shape index (κ1) is 14.3. The van der Waals surface area contributed by atoms with Crippen molar-refractivity contribution in [3.05, 3.63) is 0 Å². The highest BCUT2D eigenvalue weighted by molar-refractivity contribution is 5.85. The fourth-order valence-electron chi connectivity index (χ4n) is 2.00. The van der Waals surface area contributed by atoms with Gasteiger partial charge >= 0.3 is 0 Å². The Kier molecular flexibility index (Phi) is 5.71. The van der Waals surface area contributed by atoms with Crippen LogP contribution in [0.5, 0.6) is 0 Å². The lowest BCUT2D eigenvalue weighted by Crippen LogP contribution is -2.38. The van der Waals surface area contributed by atoms with Gasteiger partial charge < -0.3 is 21.0 Å². The summed E-state index contributed by atoms with van der Waals surface area (Å²) in [5.74, 6) is 0.304. The van der Waals surface area contributed by atoms with Gasteiger partial charge in [-0.25, -0.2) is 0 Å². The molecule has 1 saturated heterocycles. The fourth-order valence-corrected chi connectivity index (χ4v) is 2.00. The van der Waals surface area contributed by atoms with Gasteiger partial charge in [-0.15, -0.1) is 0 Å². The number of oxime groups is 1. The molecule has 4 N–H and O–H groups in total. The molecule has 0 radical (unpaired) electrons. The van der Waals surface area contributed by atoms with E-state index in [9.17, 15) is 0 Å². The zero-order valence-corrected chi connectivity index (χ0v) is 10.9. The normalized spacial score (nSPS) is 22.7. The average molecular weight is 243 g/mol. The quantitative estimate of drug-likeness (QED) is 0.216. The first-order valence-corrected chi connectivity index (χ1v) is 6.35. The summed E-state index contributed by atoms with van der Waals surface area (Å²) in [5.41, 5.74) is 5.40. The Morgan fingerprint density at radius 1 is 1.59 bits per heavy atom. The Labute approximate surface area is 103 Å². The van der Waals surface area contributed by atoms with E-state index in [1.807, 2.05) is 13.8 Å². The van der Waals surface area contributed by atoms with Crippen LogP contribution in [0.3, 0.4) is 0 Å². The summed E-state index contributed by atoms with van der Waals surface area (Å²) in [6, 6.07) is 0.496. The number of amidine groups is 1. The van der Waals surface area contributed by atoms with E-state index in [-0.39, 0.29) is 5.41 Å². The molecule has 0 aliphatic carbocycles. The van der Waals surface area contributed by atoms with Gasteiger partial charge in [0.15, 0.2) is 0 Å². The average Bonchev–Trinajstić information content (AvgIpc) is 2.35. The van der Waals surface area contributed by atoms with Gasteiger partial charge in [0.2, 0.25) is 0 Å². The zero-order chi connectivity index (χ0) is 12.7. The molecule has 0 aromatic carbocycles. The Morgan fingerprint density at radius 3 is 2.94 bits per heavy atom. The van der Waals surface area contributed by atoms with Gasteiger partial charge in [0.25, 0.3) is 0 Å². The second kappa shape index (κ2) is 6.81. The van der Waals surface area contributed by atoms with Crippen LogP contribution in [0, 0.1) is 5.41 Å².